The SMILES string of the molecule is CNC(=O)[C@H](c1ccccc1)N1CCc2cc(OC)c(OC)cc2[C@H]1CCc1ccc(C(F)(F)F)cc1.Cl. The number of nitrogens with one attached hydrogen (secondary N) is 1. The van der Waals surface area contributed by atoms with Gasteiger partial charge in [-0.05, 0) is 65.8 Å². The molecule has 1 amide bonds. The lowest BCUT2D eigenvalue weighted by Gasteiger charge is -2.42. The minimum absolute atomic E-state index is 0. The molecule has 1 heterocycles. The number of hydrogen-bond acceptors (Lipinski definition) is 4. The summed E-state index contributed by atoms with van der Waals surface area (Å²) in [5.41, 5.74) is 3.15. The van der Waals surface area contributed by atoms with Crippen LogP contribution in [0, 0.1) is 0 Å². The Hall–Kier alpha value is -3.23. The molecule has 0 aliphatic carbocycles. The van der Waals surface area contributed by atoms with Gasteiger partial charge in [-0.3, -0.25) is 9.69 Å². The van der Waals surface area contributed by atoms with Gasteiger partial charge < -0.3 is 14.8 Å². The number of nitrogens with zero attached hydrogens (tertiary/aromatic N) is 1. The molecule has 0 spiro atoms. The first kappa shape index (κ1) is 29.3. The lowest BCUT2D eigenvalue weighted by molar-refractivity contribution is -0.137. The first-order chi connectivity index (χ1) is 17.8. The quantitative estimate of drug-likeness (QED) is 0.366. The van der Waals surface area contributed by atoms with E-state index in [9.17, 15) is 18.0 Å². The fourth-order valence-corrected chi connectivity index (χ4v) is 5.11. The van der Waals surface area contributed by atoms with E-state index in [1.807, 2.05) is 42.5 Å². The average molecular weight is 549 g/mol. The van der Waals surface area contributed by atoms with Gasteiger partial charge in [0.05, 0.1) is 19.8 Å². The molecule has 0 bridgehead atoms. The largest absolute Gasteiger partial charge is 0.493 e. The molecular weight excluding hydrogens is 517 g/mol. The number of carbonyl (C=O) groups excluding carboxylic acids is 1. The number of alkyl halides is 3. The first-order valence-corrected chi connectivity index (χ1v) is 12.2. The number of ether oxygens (including phenoxy) is 2. The van der Waals surface area contributed by atoms with Crippen molar-refractivity contribution in [1.29, 1.82) is 0 Å². The number of hydrogen-bond donors (Lipinski definition) is 1. The zero-order valence-corrected chi connectivity index (χ0v) is 22.4. The Balaban J connectivity index is 0.00000400. The van der Waals surface area contributed by atoms with Crippen LogP contribution in [0.1, 0.15) is 46.3 Å². The van der Waals surface area contributed by atoms with E-state index in [2.05, 4.69) is 10.2 Å². The lowest BCUT2D eigenvalue weighted by atomic mass is 9.86. The number of methoxy groups -OCH3 is 2. The van der Waals surface area contributed by atoms with Gasteiger partial charge in [0.1, 0.15) is 6.04 Å². The van der Waals surface area contributed by atoms with Crippen LogP contribution in [0.25, 0.3) is 0 Å². The monoisotopic (exact) mass is 548 g/mol. The number of benzene rings is 3. The van der Waals surface area contributed by atoms with Crippen molar-refractivity contribution >= 4 is 18.3 Å². The van der Waals surface area contributed by atoms with Crippen molar-refractivity contribution in [2.24, 2.45) is 0 Å². The van der Waals surface area contributed by atoms with Crippen molar-refractivity contribution in [3.8, 4) is 11.5 Å². The standard InChI is InChI=1S/C29H31F3N2O3.ClH/c1-33-28(35)27(20-7-5-4-6-8-20)34-16-15-21-17-25(36-2)26(37-3)18-23(21)24(34)14-11-19-9-12-22(13-10-19)29(30,31)32;/h4-10,12-13,17-18,24,27H,11,14-16H2,1-3H3,(H,33,35);1H/t24-,27+;/m1./s1. The summed E-state index contributed by atoms with van der Waals surface area (Å²) in [6, 6.07) is 18.2. The van der Waals surface area contributed by atoms with Crippen LogP contribution >= 0.6 is 12.4 Å². The molecule has 38 heavy (non-hydrogen) atoms. The van der Waals surface area contributed by atoms with Gasteiger partial charge in [-0.15, -0.1) is 12.4 Å². The third-order valence-corrected chi connectivity index (χ3v) is 6.97. The van der Waals surface area contributed by atoms with Gasteiger partial charge in [0.25, 0.3) is 0 Å². The zero-order chi connectivity index (χ0) is 26.6. The highest BCUT2D eigenvalue weighted by atomic mass is 35.5. The van der Waals surface area contributed by atoms with Crippen molar-refractivity contribution in [2.45, 2.75) is 37.5 Å². The highest BCUT2D eigenvalue weighted by molar-refractivity contribution is 5.85. The molecule has 3 aromatic rings. The van der Waals surface area contributed by atoms with Crippen molar-refractivity contribution < 1.29 is 27.4 Å². The Morgan fingerprint density at radius 1 is 1.03 bits per heavy atom. The number of likely N-dealkylation sites (N-methyl/N-ethyl adjacent to an activating group) is 1. The van der Waals surface area contributed by atoms with Crippen LogP contribution in [0.3, 0.4) is 0 Å². The maximum Gasteiger partial charge on any atom is 0.416 e. The maximum atomic E-state index is 13.2. The number of rotatable bonds is 8. The molecule has 204 valence electrons. The average Bonchev–Trinajstić information content (AvgIpc) is 2.91. The smallest absolute Gasteiger partial charge is 0.416 e. The van der Waals surface area contributed by atoms with E-state index in [0.29, 0.717) is 37.3 Å². The number of fused-ring (bicyclic) bond motifs is 1. The summed E-state index contributed by atoms with van der Waals surface area (Å²) in [5, 5.41) is 2.81. The molecule has 9 heteroatoms. The van der Waals surface area contributed by atoms with Crippen molar-refractivity contribution in [1.82, 2.24) is 10.2 Å². The van der Waals surface area contributed by atoms with Crippen molar-refractivity contribution in [2.75, 3.05) is 27.8 Å². The van der Waals surface area contributed by atoms with Crippen molar-refractivity contribution in [3.05, 3.63) is 94.5 Å². The number of aryl methyl sites for hydroxylation is 1. The number of carbonyl (C=O) groups is 1. The van der Waals surface area contributed by atoms with Crippen LogP contribution in [-0.2, 0) is 23.8 Å². The van der Waals surface area contributed by atoms with Crippen LogP contribution in [0.15, 0.2) is 66.7 Å². The van der Waals surface area contributed by atoms with E-state index in [1.54, 1.807) is 21.3 Å². The highest BCUT2D eigenvalue weighted by Crippen LogP contribution is 2.43. The maximum absolute atomic E-state index is 13.2. The molecule has 0 aromatic heterocycles. The van der Waals surface area contributed by atoms with Crippen LogP contribution in [0.5, 0.6) is 11.5 Å². The molecule has 1 aliphatic rings. The molecule has 0 fully saturated rings. The molecule has 1 aliphatic heterocycles. The minimum atomic E-state index is -4.37. The lowest BCUT2D eigenvalue weighted by Crippen LogP contribution is -2.44. The normalized spacial score (nSPS) is 16.1. The molecule has 0 radical (unpaired) electrons. The highest BCUT2D eigenvalue weighted by Gasteiger charge is 2.37. The van der Waals surface area contributed by atoms with Gasteiger partial charge >= 0.3 is 6.18 Å². The first-order valence-electron chi connectivity index (χ1n) is 12.2. The summed E-state index contributed by atoms with van der Waals surface area (Å²) < 4.78 is 50.2. The fourth-order valence-electron chi connectivity index (χ4n) is 5.11. The number of amides is 1. The summed E-state index contributed by atoms with van der Waals surface area (Å²) in [7, 11) is 4.80. The Morgan fingerprint density at radius 2 is 1.66 bits per heavy atom. The fraction of sp³-hybridized carbons (Fsp3) is 0.345. The molecule has 0 saturated carbocycles. The Kier molecular flexibility index (Phi) is 9.68. The van der Waals surface area contributed by atoms with E-state index >= 15 is 0 Å². The Morgan fingerprint density at radius 3 is 2.24 bits per heavy atom. The van der Waals surface area contributed by atoms with E-state index in [4.69, 9.17) is 9.47 Å². The van der Waals surface area contributed by atoms with Crippen LogP contribution in [-0.4, -0.2) is 38.6 Å². The van der Waals surface area contributed by atoms with Gasteiger partial charge in [-0.2, -0.15) is 13.2 Å². The van der Waals surface area contributed by atoms with E-state index in [1.165, 1.54) is 12.1 Å². The second kappa shape index (κ2) is 12.5. The van der Waals surface area contributed by atoms with Crippen molar-refractivity contribution in [3.63, 3.8) is 0 Å². The summed E-state index contributed by atoms with van der Waals surface area (Å²) in [5.74, 6) is 1.12. The molecule has 4 rings (SSSR count). The molecule has 1 N–H and O–H groups in total. The van der Waals surface area contributed by atoms with E-state index in [0.717, 1.165) is 34.4 Å². The molecule has 3 aromatic carbocycles. The van der Waals surface area contributed by atoms with Crippen LogP contribution in [0.2, 0.25) is 0 Å². The Labute approximate surface area is 227 Å². The van der Waals surface area contributed by atoms with Gasteiger partial charge in [0, 0.05) is 19.6 Å². The minimum Gasteiger partial charge on any atom is -0.493 e. The summed E-state index contributed by atoms with van der Waals surface area (Å²) >= 11 is 0. The van der Waals surface area contributed by atoms with E-state index in [-0.39, 0.29) is 24.4 Å². The van der Waals surface area contributed by atoms with Gasteiger partial charge in [-0.25, -0.2) is 0 Å². The molecular formula is C29H32ClF3N2O3. The van der Waals surface area contributed by atoms with E-state index < -0.39 is 17.8 Å². The summed E-state index contributed by atoms with van der Waals surface area (Å²) in [6.07, 6.45) is -2.51. The molecule has 0 saturated heterocycles. The zero-order valence-electron chi connectivity index (χ0n) is 21.5. The summed E-state index contributed by atoms with van der Waals surface area (Å²) in [6.45, 7) is 0.632. The molecule has 2 atom stereocenters. The van der Waals surface area contributed by atoms with Gasteiger partial charge in [-0.1, -0.05) is 42.5 Å². The third-order valence-electron chi connectivity index (χ3n) is 6.97. The number of halogens is 4. The second-order valence-corrected chi connectivity index (χ2v) is 9.07. The molecule has 0 unspecified atom stereocenters. The predicted molar refractivity (Wildman–Crippen MR) is 143 cm³/mol. The Bertz CT molecular complexity index is 1220. The predicted octanol–water partition coefficient (Wildman–Crippen LogP) is 6.16. The topological polar surface area (TPSA) is 50.8 Å². The van der Waals surface area contributed by atoms with Gasteiger partial charge in [0.2, 0.25) is 5.91 Å². The third kappa shape index (κ3) is 6.25. The summed E-state index contributed by atoms with van der Waals surface area (Å²) in [4.78, 5) is 15.4. The molecule has 5 nitrogen and oxygen atoms in total. The second-order valence-electron chi connectivity index (χ2n) is 9.07. The van der Waals surface area contributed by atoms with Crippen LogP contribution in [0.4, 0.5) is 13.2 Å². The van der Waals surface area contributed by atoms with Crippen LogP contribution < -0.4 is 14.8 Å². The van der Waals surface area contributed by atoms with Gasteiger partial charge in [0.15, 0.2) is 11.5 Å².